The molecular weight excluding hydrogens is 232 g/mol. The molecule has 1 aromatic carbocycles. The maximum atomic E-state index is 8.91. The van der Waals surface area contributed by atoms with E-state index in [1.54, 1.807) is 31.4 Å². The smallest absolute Gasteiger partial charge is 0.162 e. The Kier molecular flexibility index (Phi) is 3.94. The van der Waals surface area contributed by atoms with Crippen LogP contribution in [0.2, 0.25) is 0 Å². The van der Waals surface area contributed by atoms with Gasteiger partial charge in [0, 0.05) is 13.2 Å². The summed E-state index contributed by atoms with van der Waals surface area (Å²) in [7, 11) is 1.59. The molecule has 0 aliphatic rings. The fraction of sp³-hybridized carbons (Fsp3) is 0.231. The van der Waals surface area contributed by atoms with Gasteiger partial charge in [-0.15, -0.1) is 0 Å². The third-order valence-electron chi connectivity index (χ3n) is 2.28. The zero-order chi connectivity index (χ0) is 12.8. The van der Waals surface area contributed by atoms with E-state index in [9.17, 15) is 0 Å². The highest BCUT2D eigenvalue weighted by Gasteiger charge is 2.06. The zero-order valence-electron chi connectivity index (χ0n) is 9.92. The summed E-state index contributed by atoms with van der Waals surface area (Å²) in [5.74, 6) is 1.18. The van der Waals surface area contributed by atoms with Crippen LogP contribution in [0.5, 0.6) is 5.75 Å². The van der Waals surface area contributed by atoms with Crippen molar-refractivity contribution >= 4 is 0 Å². The Morgan fingerprint density at radius 1 is 1.33 bits per heavy atom. The van der Waals surface area contributed by atoms with E-state index in [1.165, 1.54) is 0 Å². The molecule has 0 aliphatic carbocycles. The quantitative estimate of drug-likeness (QED) is 0.807. The summed E-state index contributed by atoms with van der Waals surface area (Å²) < 4.78 is 15.5. The first-order valence-electron chi connectivity index (χ1n) is 5.39. The van der Waals surface area contributed by atoms with Crippen LogP contribution < -0.4 is 4.74 Å². The van der Waals surface area contributed by atoms with Gasteiger partial charge < -0.3 is 14.0 Å². The van der Waals surface area contributed by atoms with Crippen LogP contribution in [0, 0.1) is 11.3 Å². The summed E-state index contributed by atoms with van der Waals surface area (Å²) in [6.45, 7) is 0.633. The van der Waals surface area contributed by atoms with E-state index in [0.29, 0.717) is 29.4 Å². The van der Waals surface area contributed by atoms with Gasteiger partial charge in [-0.3, -0.25) is 0 Å². The molecule has 0 bridgehead atoms. The molecule has 92 valence electrons. The molecule has 1 aromatic heterocycles. The highest BCUT2D eigenvalue weighted by Crippen LogP contribution is 2.18. The minimum atomic E-state index is 0.256. The normalized spacial score (nSPS) is 10.0. The molecule has 0 amide bonds. The Bertz CT molecular complexity index is 557. The molecule has 5 heteroatoms. The molecule has 0 atom stereocenters. The number of methoxy groups -OCH3 is 1. The molecule has 2 aromatic rings. The number of hydrogen-bond donors (Lipinski definition) is 0. The van der Waals surface area contributed by atoms with Crippen LogP contribution in [-0.4, -0.2) is 12.3 Å². The summed E-state index contributed by atoms with van der Waals surface area (Å²) in [6, 6.07) is 10.9. The second kappa shape index (κ2) is 5.84. The largest absolute Gasteiger partial charge is 0.486 e. The number of ether oxygens (including phenoxy) is 2. The molecule has 0 N–H and O–H groups in total. The summed E-state index contributed by atoms with van der Waals surface area (Å²) in [4.78, 5) is 0. The molecule has 2 rings (SSSR count). The second-order valence-corrected chi connectivity index (χ2v) is 3.61. The Morgan fingerprint density at radius 3 is 2.94 bits per heavy atom. The number of nitrogens with zero attached hydrogens (tertiary/aromatic N) is 2. The predicted molar refractivity (Wildman–Crippen MR) is 62.7 cm³/mol. The van der Waals surface area contributed by atoms with E-state index in [1.807, 2.05) is 6.07 Å². The minimum Gasteiger partial charge on any atom is -0.486 e. The van der Waals surface area contributed by atoms with Crippen LogP contribution in [0.3, 0.4) is 0 Å². The third kappa shape index (κ3) is 2.87. The summed E-state index contributed by atoms with van der Waals surface area (Å²) in [5.41, 5.74) is 1.16. The van der Waals surface area contributed by atoms with Gasteiger partial charge in [0.25, 0.3) is 0 Å². The van der Waals surface area contributed by atoms with Gasteiger partial charge in [0.05, 0.1) is 5.56 Å². The van der Waals surface area contributed by atoms with Crippen molar-refractivity contribution in [2.45, 2.75) is 13.2 Å². The fourth-order valence-corrected chi connectivity index (χ4v) is 1.47. The van der Waals surface area contributed by atoms with Gasteiger partial charge in [-0.05, 0) is 12.1 Å². The summed E-state index contributed by atoms with van der Waals surface area (Å²) in [6.07, 6.45) is 0. The number of para-hydroxylation sites is 1. The van der Waals surface area contributed by atoms with Crippen molar-refractivity contribution in [3.05, 3.63) is 47.3 Å². The lowest BCUT2D eigenvalue weighted by Crippen LogP contribution is -1.97. The lowest BCUT2D eigenvalue weighted by atomic mass is 10.2. The van der Waals surface area contributed by atoms with E-state index in [4.69, 9.17) is 19.3 Å². The lowest BCUT2D eigenvalue weighted by molar-refractivity contribution is 0.155. The van der Waals surface area contributed by atoms with E-state index < -0.39 is 0 Å². The molecule has 0 spiro atoms. The first kappa shape index (κ1) is 12.1. The van der Waals surface area contributed by atoms with Crippen LogP contribution in [-0.2, 0) is 18.0 Å². The average Bonchev–Trinajstić information content (AvgIpc) is 2.85. The molecule has 0 unspecified atom stereocenters. The van der Waals surface area contributed by atoms with Crippen LogP contribution >= 0.6 is 0 Å². The number of nitriles is 1. The highest BCUT2D eigenvalue weighted by molar-refractivity contribution is 5.42. The first-order valence-corrected chi connectivity index (χ1v) is 5.39. The molecule has 0 fully saturated rings. The summed E-state index contributed by atoms with van der Waals surface area (Å²) in [5, 5.41) is 12.8. The maximum Gasteiger partial charge on any atom is 0.162 e. The van der Waals surface area contributed by atoms with Crippen LogP contribution in [0.1, 0.15) is 17.0 Å². The molecule has 0 aliphatic heterocycles. The summed E-state index contributed by atoms with van der Waals surface area (Å²) >= 11 is 0. The molecule has 1 heterocycles. The average molecular weight is 244 g/mol. The van der Waals surface area contributed by atoms with Gasteiger partial charge in [-0.1, -0.05) is 17.3 Å². The van der Waals surface area contributed by atoms with Gasteiger partial charge in [-0.25, -0.2) is 0 Å². The Hall–Kier alpha value is -2.32. The standard InChI is InChI=1S/C13H12N2O3/c1-16-9-12-6-11(15-18-12)8-17-13-5-3-2-4-10(13)7-14/h2-6H,8-9H2,1H3. The SMILES string of the molecule is COCc1cc(COc2ccccc2C#N)no1. The Balaban J connectivity index is 2.00. The molecular formula is C13H12N2O3. The van der Waals surface area contributed by atoms with Gasteiger partial charge in [-0.2, -0.15) is 5.26 Å². The fourth-order valence-electron chi connectivity index (χ4n) is 1.47. The van der Waals surface area contributed by atoms with E-state index in [2.05, 4.69) is 11.2 Å². The predicted octanol–water partition coefficient (Wildman–Crippen LogP) is 2.27. The van der Waals surface area contributed by atoms with E-state index >= 15 is 0 Å². The number of rotatable bonds is 5. The third-order valence-corrected chi connectivity index (χ3v) is 2.28. The van der Waals surface area contributed by atoms with Crippen molar-refractivity contribution < 1.29 is 14.0 Å². The van der Waals surface area contributed by atoms with Crippen LogP contribution in [0.4, 0.5) is 0 Å². The Morgan fingerprint density at radius 2 is 2.17 bits per heavy atom. The number of aromatic nitrogens is 1. The van der Waals surface area contributed by atoms with Crippen molar-refractivity contribution in [1.29, 1.82) is 5.26 Å². The molecule has 0 radical (unpaired) electrons. The van der Waals surface area contributed by atoms with Crippen molar-refractivity contribution in [2.24, 2.45) is 0 Å². The zero-order valence-corrected chi connectivity index (χ0v) is 9.92. The van der Waals surface area contributed by atoms with Crippen LogP contribution in [0.15, 0.2) is 34.9 Å². The molecule has 5 nitrogen and oxygen atoms in total. The maximum absolute atomic E-state index is 8.91. The number of benzene rings is 1. The first-order chi connectivity index (χ1) is 8.83. The van der Waals surface area contributed by atoms with Crippen molar-refractivity contribution in [1.82, 2.24) is 5.16 Å². The van der Waals surface area contributed by atoms with Gasteiger partial charge >= 0.3 is 0 Å². The van der Waals surface area contributed by atoms with Crippen molar-refractivity contribution in [3.63, 3.8) is 0 Å². The molecule has 0 saturated heterocycles. The second-order valence-electron chi connectivity index (χ2n) is 3.61. The minimum absolute atomic E-state index is 0.256. The number of hydrogen-bond acceptors (Lipinski definition) is 5. The van der Waals surface area contributed by atoms with E-state index in [0.717, 1.165) is 0 Å². The van der Waals surface area contributed by atoms with Gasteiger partial charge in [0.15, 0.2) is 5.76 Å². The lowest BCUT2D eigenvalue weighted by Gasteiger charge is -2.04. The van der Waals surface area contributed by atoms with Crippen LogP contribution in [0.25, 0.3) is 0 Å². The van der Waals surface area contributed by atoms with Crippen molar-refractivity contribution in [2.75, 3.05) is 7.11 Å². The van der Waals surface area contributed by atoms with E-state index in [-0.39, 0.29) is 6.61 Å². The topological polar surface area (TPSA) is 68.3 Å². The van der Waals surface area contributed by atoms with Crippen molar-refractivity contribution in [3.8, 4) is 11.8 Å². The Labute approximate surface area is 105 Å². The monoisotopic (exact) mass is 244 g/mol. The molecule has 18 heavy (non-hydrogen) atoms. The highest BCUT2D eigenvalue weighted by atomic mass is 16.5. The van der Waals surface area contributed by atoms with Gasteiger partial charge in [0.1, 0.15) is 30.7 Å². The van der Waals surface area contributed by atoms with Gasteiger partial charge in [0.2, 0.25) is 0 Å². The molecule has 0 saturated carbocycles.